The first kappa shape index (κ1) is 17.9. The first-order valence-electron chi connectivity index (χ1n) is 8.97. The molecule has 4 rings (SSSR count). The molecule has 1 fully saturated rings. The van der Waals surface area contributed by atoms with Crippen molar-refractivity contribution in [2.45, 2.75) is 12.8 Å². The fourth-order valence-electron chi connectivity index (χ4n) is 3.35. The third kappa shape index (κ3) is 4.12. The van der Waals surface area contributed by atoms with Gasteiger partial charge in [0.05, 0.1) is 4.88 Å². The van der Waals surface area contributed by atoms with Gasteiger partial charge in [-0.2, -0.15) is 11.3 Å². The Kier molecular flexibility index (Phi) is 5.36. The van der Waals surface area contributed by atoms with E-state index in [0.29, 0.717) is 25.9 Å². The molecule has 1 aromatic carbocycles. The summed E-state index contributed by atoms with van der Waals surface area (Å²) < 4.78 is 0. The molecule has 1 aliphatic rings. The van der Waals surface area contributed by atoms with E-state index in [1.54, 1.807) is 11.3 Å². The first-order chi connectivity index (χ1) is 13.2. The molecule has 0 spiro atoms. The fourth-order valence-corrected chi connectivity index (χ4v) is 4.71. The highest BCUT2D eigenvalue weighted by atomic mass is 32.1. The molecule has 2 amide bonds. The molecule has 0 atom stereocenters. The summed E-state index contributed by atoms with van der Waals surface area (Å²) in [5.74, 6) is 0.0650. The summed E-state index contributed by atoms with van der Waals surface area (Å²) in [7, 11) is 0. The number of thiophene rings is 2. The highest BCUT2D eigenvalue weighted by molar-refractivity contribution is 7.12. The normalized spacial score (nSPS) is 14.9. The molecule has 3 heterocycles. The molecule has 1 N–H and O–H groups in total. The van der Waals surface area contributed by atoms with Gasteiger partial charge in [0.25, 0.3) is 5.91 Å². The topological polar surface area (TPSA) is 49.4 Å². The SMILES string of the molecule is O=C(Nc1cccc(-c2ccsc2)c1)C1CCN(C(=O)c2cccs2)CC1. The molecular formula is C21H20N2O2S2. The van der Waals surface area contributed by atoms with E-state index >= 15 is 0 Å². The van der Waals surface area contributed by atoms with E-state index in [9.17, 15) is 9.59 Å². The molecule has 1 aliphatic heterocycles. The van der Waals surface area contributed by atoms with E-state index in [1.165, 1.54) is 11.3 Å². The summed E-state index contributed by atoms with van der Waals surface area (Å²) in [6.45, 7) is 1.26. The quantitative estimate of drug-likeness (QED) is 0.677. The smallest absolute Gasteiger partial charge is 0.263 e. The molecule has 0 saturated carbocycles. The maximum atomic E-state index is 12.7. The number of hydrogen-bond acceptors (Lipinski definition) is 4. The van der Waals surface area contributed by atoms with E-state index < -0.39 is 0 Å². The predicted octanol–water partition coefficient (Wildman–Crippen LogP) is 4.97. The Bertz CT molecular complexity index is 912. The molecule has 0 bridgehead atoms. The van der Waals surface area contributed by atoms with Crippen LogP contribution in [0, 0.1) is 5.92 Å². The second kappa shape index (κ2) is 8.06. The summed E-state index contributed by atoms with van der Waals surface area (Å²) in [6, 6.07) is 13.8. The third-order valence-corrected chi connectivity index (χ3v) is 6.41. The van der Waals surface area contributed by atoms with E-state index in [2.05, 4.69) is 16.8 Å². The number of likely N-dealkylation sites (tertiary alicyclic amines) is 1. The van der Waals surface area contributed by atoms with Crippen LogP contribution in [0.1, 0.15) is 22.5 Å². The summed E-state index contributed by atoms with van der Waals surface area (Å²) in [5, 5.41) is 9.11. The van der Waals surface area contributed by atoms with Crippen molar-refractivity contribution in [3.63, 3.8) is 0 Å². The van der Waals surface area contributed by atoms with Gasteiger partial charge in [-0.25, -0.2) is 0 Å². The Hall–Kier alpha value is -2.44. The molecule has 0 radical (unpaired) electrons. The average molecular weight is 397 g/mol. The molecule has 1 saturated heterocycles. The number of piperidine rings is 1. The zero-order chi connectivity index (χ0) is 18.6. The molecule has 6 heteroatoms. The van der Waals surface area contributed by atoms with Crippen LogP contribution in [-0.2, 0) is 4.79 Å². The number of carbonyl (C=O) groups excluding carboxylic acids is 2. The molecule has 0 aliphatic carbocycles. The molecule has 4 nitrogen and oxygen atoms in total. The van der Waals surface area contributed by atoms with Crippen molar-refractivity contribution < 1.29 is 9.59 Å². The number of amides is 2. The van der Waals surface area contributed by atoms with Crippen molar-refractivity contribution in [2.75, 3.05) is 18.4 Å². The van der Waals surface area contributed by atoms with Crippen molar-refractivity contribution in [2.24, 2.45) is 5.92 Å². The highest BCUT2D eigenvalue weighted by Crippen LogP contribution is 2.26. The molecule has 138 valence electrons. The van der Waals surface area contributed by atoms with E-state index in [4.69, 9.17) is 0 Å². The maximum absolute atomic E-state index is 12.7. The lowest BCUT2D eigenvalue weighted by molar-refractivity contribution is -0.121. The monoisotopic (exact) mass is 396 g/mol. The molecule has 3 aromatic rings. The predicted molar refractivity (Wildman–Crippen MR) is 111 cm³/mol. The van der Waals surface area contributed by atoms with Crippen LogP contribution in [0.5, 0.6) is 0 Å². The molecule has 2 aromatic heterocycles. The van der Waals surface area contributed by atoms with Crippen LogP contribution in [0.2, 0.25) is 0 Å². The number of hydrogen-bond donors (Lipinski definition) is 1. The number of carbonyl (C=O) groups is 2. The Morgan fingerprint density at radius 2 is 1.85 bits per heavy atom. The van der Waals surface area contributed by atoms with Gasteiger partial charge >= 0.3 is 0 Å². The minimum absolute atomic E-state index is 0.0423. The lowest BCUT2D eigenvalue weighted by Gasteiger charge is -2.31. The second-order valence-corrected chi connectivity index (χ2v) is 8.35. The average Bonchev–Trinajstić information content (AvgIpc) is 3.42. The third-order valence-electron chi connectivity index (χ3n) is 4.87. The van der Waals surface area contributed by atoms with Crippen LogP contribution >= 0.6 is 22.7 Å². The summed E-state index contributed by atoms with van der Waals surface area (Å²) in [5.41, 5.74) is 3.09. The fraction of sp³-hybridized carbons (Fsp3) is 0.238. The number of rotatable bonds is 4. The van der Waals surface area contributed by atoms with Crippen molar-refractivity contribution in [3.8, 4) is 11.1 Å². The Morgan fingerprint density at radius 1 is 1.00 bits per heavy atom. The number of benzene rings is 1. The van der Waals surface area contributed by atoms with Crippen molar-refractivity contribution in [3.05, 3.63) is 63.5 Å². The van der Waals surface area contributed by atoms with Gasteiger partial charge in [0.15, 0.2) is 0 Å². The van der Waals surface area contributed by atoms with Gasteiger partial charge in [-0.3, -0.25) is 9.59 Å². The Labute approximate surface area is 166 Å². The zero-order valence-electron chi connectivity index (χ0n) is 14.8. The summed E-state index contributed by atoms with van der Waals surface area (Å²) in [6.07, 6.45) is 1.40. The van der Waals surface area contributed by atoms with Gasteiger partial charge in [-0.15, -0.1) is 11.3 Å². The Balaban J connectivity index is 1.35. The van der Waals surface area contributed by atoms with Gasteiger partial charge in [0, 0.05) is 24.7 Å². The first-order valence-corrected chi connectivity index (χ1v) is 10.8. The number of nitrogens with zero attached hydrogens (tertiary/aromatic N) is 1. The van der Waals surface area contributed by atoms with E-state index in [1.807, 2.05) is 52.1 Å². The lowest BCUT2D eigenvalue weighted by atomic mass is 9.95. The van der Waals surface area contributed by atoms with Gasteiger partial charge in [0.1, 0.15) is 0 Å². The van der Waals surface area contributed by atoms with Gasteiger partial charge < -0.3 is 10.2 Å². The number of nitrogens with one attached hydrogen (secondary N) is 1. The van der Waals surface area contributed by atoms with Crippen LogP contribution in [-0.4, -0.2) is 29.8 Å². The second-order valence-electron chi connectivity index (χ2n) is 6.63. The van der Waals surface area contributed by atoms with Crippen LogP contribution in [0.4, 0.5) is 5.69 Å². The largest absolute Gasteiger partial charge is 0.338 e. The summed E-state index contributed by atoms with van der Waals surface area (Å²) in [4.78, 5) is 27.7. The highest BCUT2D eigenvalue weighted by Gasteiger charge is 2.28. The van der Waals surface area contributed by atoms with Gasteiger partial charge in [-0.05, 0) is 64.4 Å². The standard InChI is InChI=1S/C21H20N2O2S2/c24-20(22-18-4-1-3-16(13-18)17-8-12-26-14-17)15-6-9-23(10-7-15)21(25)19-5-2-11-27-19/h1-5,8,11-15H,6-7,9-10H2,(H,22,24). The van der Waals surface area contributed by atoms with Crippen LogP contribution in [0.3, 0.4) is 0 Å². The Morgan fingerprint density at radius 3 is 2.56 bits per heavy atom. The zero-order valence-corrected chi connectivity index (χ0v) is 16.4. The van der Waals surface area contributed by atoms with Crippen molar-refractivity contribution in [1.82, 2.24) is 4.90 Å². The summed E-state index contributed by atoms with van der Waals surface area (Å²) >= 11 is 3.12. The molecular weight excluding hydrogens is 376 g/mol. The van der Waals surface area contributed by atoms with E-state index in [-0.39, 0.29) is 17.7 Å². The van der Waals surface area contributed by atoms with Gasteiger partial charge in [-0.1, -0.05) is 18.2 Å². The number of anilines is 1. The van der Waals surface area contributed by atoms with Crippen LogP contribution in [0.15, 0.2) is 58.6 Å². The maximum Gasteiger partial charge on any atom is 0.263 e. The molecule has 0 unspecified atom stereocenters. The minimum Gasteiger partial charge on any atom is -0.338 e. The molecule has 27 heavy (non-hydrogen) atoms. The lowest BCUT2D eigenvalue weighted by Crippen LogP contribution is -2.41. The minimum atomic E-state index is -0.0535. The van der Waals surface area contributed by atoms with Crippen molar-refractivity contribution >= 4 is 40.2 Å². The van der Waals surface area contributed by atoms with Crippen LogP contribution < -0.4 is 5.32 Å². The van der Waals surface area contributed by atoms with E-state index in [0.717, 1.165) is 21.7 Å². The van der Waals surface area contributed by atoms with Crippen LogP contribution in [0.25, 0.3) is 11.1 Å². The van der Waals surface area contributed by atoms with Crippen molar-refractivity contribution in [1.29, 1.82) is 0 Å². The van der Waals surface area contributed by atoms with Gasteiger partial charge in [0.2, 0.25) is 5.91 Å².